The number of hydrogen-bond acceptors (Lipinski definition) is 4. The summed E-state index contributed by atoms with van der Waals surface area (Å²) in [6.07, 6.45) is 3.52. The van der Waals surface area contributed by atoms with Crippen LogP contribution in [0.3, 0.4) is 0 Å². The second-order valence-corrected chi connectivity index (χ2v) is 6.51. The molecule has 3 rings (SSSR count). The van der Waals surface area contributed by atoms with E-state index >= 15 is 0 Å². The van der Waals surface area contributed by atoms with Crippen molar-refractivity contribution in [1.82, 2.24) is 15.5 Å². The molecule has 1 heterocycles. The van der Waals surface area contributed by atoms with Crippen LogP contribution in [0.15, 0.2) is 18.2 Å². The van der Waals surface area contributed by atoms with Gasteiger partial charge in [0.1, 0.15) is 10.0 Å². The largest absolute Gasteiger partial charge is 0.314 e. The van der Waals surface area contributed by atoms with Crippen LogP contribution in [0.5, 0.6) is 0 Å². The lowest BCUT2D eigenvalue weighted by Crippen LogP contribution is -2.19. The Morgan fingerprint density at radius 2 is 2.11 bits per heavy atom. The summed E-state index contributed by atoms with van der Waals surface area (Å²) in [6, 6.07) is 6.12. The highest BCUT2D eigenvalue weighted by molar-refractivity contribution is 7.14. The van der Waals surface area contributed by atoms with Gasteiger partial charge in [-0.05, 0) is 31.0 Å². The van der Waals surface area contributed by atoms with E-state index in [2.05, 4.69) is 15.5 Å². The molecule has 2 aromatic rings. The average Bonchev–Trinajstić information content (AvgIpc) is 3.10. The Bertz CT molecular complexity index is 581. The maximum Gasteiger partial charge on any atom is 0.149 e. The highest BCUT2D eigenvalue weighted by atomic mass is 35.5. The number of benzene rings is 1. The number of halogens is 2. The average molecular weight is 314 g/mol. The zero-order valence-corrected chi connectivity index (χ0v) is 12.5. The van der Waals surface area contributed by atoms with Crippen molar-refractivity contribution in [2.24, 2.45) is 0 Å². The van der Waals surface area contributed by atoms with Crippen LogP contribution in [-0.2, 0) is 6.42 Å². The van der Waals surface area contributed by atoms with Gasteiger partial charge in [-0.15, -0.1) is 10.2 Å². The maximum absolute atomic E-state index is 6.16. The summed E-state index contributed by atoms with van der Waals surface area (Å²) in [7, 11) is 0. The van der Waals surface area contributed by atoms with Gasteiger partial charge >= 0.3 is 0 Å². The summed E-state index contributed by atoms with van der Waals surface area (Å²) in [6.45, 7) is 0.961. The number of nitrogens with one attached hydrogen (secondary N) is 1. The minimum Gasteiger partial charge on any atom is -0.314 e. The molecule has 0 aliphatic heterocycles. The third-order valence-electron chi connectivity index (χ3n) is 2.97. The molecule has 19 heavy (non-hydrogen) atoms. The molecule has 0 amide bonds. The lowest BCUT2D eigenvalue weighted by Gasteiger charge is -2.00. The van der Waals surface area contributed by atoms with Crippen LogP contribution in [0.25, 0.3) is 10.6 Å². The molecule has 1 N–H and O–H groups in total. The van der Waals surface area contributed by atoms with Gasteiger partial charge < -0.3 is 5.32 Å². The molecule has 6 heteroatoms. The summed E-state index contributed by atoms with van der Waals surface area (Å²) in [5.41, 5.74) is 0.855. The molecule has 0 radical (unpaired) electrons. The summed E-state index contributed by atoms with van der Waals surface area (Å²) >= 11 is 13.7. The molecule has 1 aliphatic rings. The highest BCUT2D eigenvalue weighted by Gasteiger charge is 2.20. The Hall–Kier alpha value is -0.680. The highest BCUT2D eigenvalue weighted by Crippen LogP contribution is 2.32. The molecule has 1 fully saturated rings. The lowest BCUT2D eigenvalue weighted by atomic mass is 10.2. The van der Waals surface area contributed by atoms with E-state index in [4.69, 9.17) is 23.2 Å². The zero-order chi connectivity index (χ0) is 13.2. The van der Waals surface area contributed by atoms with E-state index in [1.54, 1.807) is 23.5 Å². The number of nitrogens with zero attached hydrogens (tertiary/aromatic N) is 2. The van der Waals surface area contributed by atoms with E-state index in [1.165, 1.54) is 12.8 Å². The number of rotatable bonds is 5. The maximum atomic E-state index is 6.16. The van der Waals surface area contributed by atoms with Crippen molar-refractivity contribution in [3.05, 3.63) is 33.3 Å². The van der Waals surface area contributed by atoms with Gasteiger partial charge in [-0.3, -0.25) is 0 Å². The van der Waals surface area contributed by atoms with E-state index in [1.807, 2.05) is 6.07 Å². The summed E-state index contributed by atoms with van der Waals surface area (Å²) < 4.78 is 0. The fourth-order valence-corrected chi connectivity index (χ4v) is 3.10. The van der Waals surface area contributed by atoms with Crippen LogP contribution >= 0.6 is 34.5 Å². The summed E-state index contributed by atoms with van der Waals surface area (Å²) in [5.74, 6) is 0. The van der Waals surface area contributed by atoms with E-state index in [-0.39, 0.29) is 0 Å². The molecule has 3 nitrogen and oxygen atoms in total. The zero-order valence-electron chi connectivity index (χ0n) is 10.2. The second-order valence-electron chi connectivity index (χ2n) is 4.60. The van der Waals surface area contributed by atoms with Crippen molar-refractivity contribution in [3.8, 4) is 10.6 Å². The number of aromatic nitrogens is 2. The monoisotopic (exact) mass is 313 g/mol. The van der Waals surface area contributed by atoms with Gasteiger partial charge in [-0.1, -0.05) is 34.5 Å². The van der Waals surface area contributed by atoms with Crippen molar-refractivity contribution in [2.45, 2.75) is 25.3 Å². The minimum absolute atomic E-state index is 0.656. The number of hydrogen-bond donors (Lipinski definition) is 1. The fraction of sp³-hybridized carbons (Fsp3) is 0.385. The van der Waals surface area contributed by atoms with Crippen molar-refractivity contribution in [1.29, 1.82) is 0 Å². The normalized spacial score (nSPS) is 14.8. The van der Waals surface area contributed by atoms with Crippen molar-refractivity contribution < 1.29 is 0 Å². The third-order valence-corrected chi connectivity index (χ3v) is 4.56. The van der Waals surface area contributed by atoms with Gasteiger partial charge in [0.25, 0.3) is 0 Å². The van der Waals surface area contributed by atoms with Gasteiger partial charge in [0.15, 0.2) is 0 Å². The minimum atomic E-state index is 0.656. The Balaban J connectivity index is 1.70. The molecule has 1 saturated carbocycles. The standard InChI is InChI=1S/C13H13Cl2N3S/c14-8-1-4-11(15)10(7-8)13-18-17-12(19-13)5-6-16-9-2-3-9/h1,4,7,9,16H,2-3,5-6H2. The molecular formula is C13H13Cl2N3S. The van der Waals surface area contributed by atoms with Gasteiger partial charge in [-0.2, -0.15) is 0 Å². The molecule has 0 atom stereocenters. The first kappa shape index (κ1) is 13.3. The van der Waals surface area contributed by atoms with E-state index in [0.717, 1.165) is 34.6 Å². The molecule has 0 spiro atoms. The second kappa shape index (κ2) is 5.75. The van der Waals surface area contributed by atoms with E-state index in [0.29, 0.717) is 10.0 Å². The van der Waals surface area contributed by atoms with Gasteiger partial charge in [0.05, 0.1) is 5.02 Å². The Morgan fingerprint density at radius 1 is 1.26 bits per heavy atom. The molecule has 1 aromatic carbocycles. The molecule has 100 valence electrons. The Kier molecular flexibility index (Phi) is 4.03. The van der Waals surface area contributed by atoms with Gasteiger partial charge in [-0.25, -0.2) is 0 Å². The van der Waals surface area contributed by atoms with Gasteiger partial charge in [0.2, 0.25) is 0 Å². The van der Waals surface area contributed by atoms with Crippen molar-refractivity contribution in [2.75, 3.05) is 6.54 Å². The SMILES string of the molecule is Clc1ccc(Cl)c(-c2nnc(CCNC3CC3)s2)c1. The van der Waals surface area contributed by atoms with Gasteiger partial charge in [0, 0.05) is 29.6 Å². The van der Waals surface area contributed by atoms with Crippen LogP contribution in [-0.4, -0.2) is 22.8 Å². The van der Waals surface area contributed by atoms with Crippen LogP contribution < -0.4 is 5.32 Å². The quantitative estimate of drug-likeness (QED) is 0.912. The van der Waals surface area contributed by atoms with Crippen molar-refractivity contribution in [3.63, 3.8) is 0 Å². The van der Waals surface area contributed by atoms with E-state index in [9.17, 15) is 0 Å². The first-order valence-corrected chi connectivity index (χ1v) is 7.81. The molecular weight excluding hydrogens is 301 g/mol. The van der Waals surface area contributed by atoms with E-state index < -0.39 is 0 Å². The van der Waals surface area contributed by atoms with Crippen LogP contribution in [0, 0.1) is 0 Å². The fourth-order valence-electron chi connectivity index (χ4n) is 1.80. The summed E-state index contributed by atoms with van der Waals surface area (Å²) in [4.78, 5) is 0. The predicted octanol–water partition coefficient (Wildman–Crippen LogP) is 3.81. The van der Waals surface area contributed by atoms with Crippen LogP contribution in [0.4, 0.5) is 0 Å². The Morgan fingerprint density at radius 3 is 2.89 bits per heavy atom. The third kappa shape index (κ3) is 3.45. The topological polar surface area (TPSA) is 37.8 Å². The van der Waals surface area contributed by atoms with Crippen molar-refractivity contribution >= 4 is 34.5 Å². The van der Waals surface area contributed by atoms with Crippen LogP contribution in [0.2, 0.25) is 10.0 Å². The lowest BCUT2D eigenvalue weighted by molar-refractivity contribution is 0.677. The first-order valence-electron chi connectivity index (χ1n) is 6.23. The molecule has 1 aliphatic carbocycles. The molecule has 0 saturated heterocycles. The smallest absolute Gasteiger partial charge is 0.149 e. The molecule has 0 unspecified atom stereocenters. The first-order chi connectivity index (χ1) is 9.22. The Labute approximate surface area is 126 Å². The predicted molar refractivity (Wildman–Crippen MR) is 80.1 cm³/mol. The molecule has 0 bridgehead atoms. The molecule has 1 aromatic heterocycles. The summed E-state index contributed by atoms with van der Waals surface area (Å²) in [5, 5.41) is 15.0. The van der Waals surface area contributed by atoms with Crippen LogP contribution in [0.1, 0.15) is 17.8 Å².